The molecule has 1 N–H and O–H groups in total. The molecule has 18 heavy (non-hydrogen) atoms. The van der Waals surface area contributed by atoms with Gasteiger partial charge in [-0.05, 0) is 30.7 Å². The van der Waals surface area contributed by atoms with E-state index in [-0.39, 0.29) is 17.1 Å². The molecule has 0 aliphatic heterocycles. The number of aryl methyl sites for hydroxylation is 1. The van der Waals surface area contributed by atoms with Crippen LogP contribution in [0.4, 0.5) is 4.39 Å². The fourth-order valence-corrected chi connectivity index (χ4v) is 1.55. The Labute approximate surface area is 103 Å². The third-order valence-corrected chi connectivity index (χ3v) is 2.49. The van der Waals surface area contributed by atoms with Crippen molar-refractivity contribution in [2.75, 3.05) is 0 Å². The first-order chi connectivity index (χ1) is 8.59. The van der Waals surface area contributed by atoms with E-state index >= 15 is 0 Å². The van der Waals surface area contributed by atoms with E-state index in [2.05, 4.69) is 0 Å². The van der Waals surface area contributed by atoms with Crippen LogP contribution in [0.15, 0.2) is 42.5 Å². The zero-order chi connectivity index (χ0) is 13.1. The van der Waals surface area contributed by atoms with Crippen LogP contribution in [0.3, 0.4) is 0 Å². The average Bonchev–Trinajstić information content (AvgIpc) is 2.35. The molecule has 0 aliphatic carbocycles. The Kier molecular flexibility index (Phi) is 3.28. The predicted octanol–water partition coefficient (Wildman–Crippen LogP) is 3.62. The van der Waals surface area contributed by atoms with Gasteiger partial charge in [0, 0.05) is 0 Å². The van der Waals surface area contributed by atoms with Gasteiger partial charge in [0.2, 0.25) is 0 Å². The monoisotopic (exact) mass is 246 g/mol. The Morgan fingerprint density at radius 1 is 1.11 bits per heavy atom. The molecule has 0 saturated heterocycles. The molecule has 4 heteroatoms. The number of rotatable bonds is 3. The number of para-hydroxylation sites is 1. The molecule has 0 amide bonds. The zero-order valence-electron chi connectivity index (χ0n) is 9.68. The smallest absolute Gasteiger partial charge is 0.339 e. The maximum Gasteiger partial charge on any atom is 0.339 e. The van der Waals surface area contributed by atoms with Gasteiger partial charge in [-0.3, -0.25) is 0 Å². The van der Waals surface area contributed by atoms with Crippen LogP contribution in [0.25, 0.3) is 0 Å². The molecule has 0 radical (unpaired) electrons. The molecular weight excluding hydrogens is 235 g/mol. The van der Waals surface area contributed by atoms with Crippen molar-refractivity contribution in [2.45, 2.75) is 6.92 Å². The molecule has 0 spiro atoms. The molecule has 0 atom stereocenters. The van der Waals surface area contributed by atoms with E-state index in [1.807, 2.05) is 0 Å². The molecule has 2 rings (SSSR count). The summed E-state index contributed by atoms with van der Waals surface area (Å²) in [5, 5.41) is 8.99. The Morgan fingerprint density at radius 3 is 2.50 bits per heavy atom. The largest absolute Gasteiger partial charge is 0.478 e. The first kappa shape index (κ1) is 12.1. The van der Waals surface area contributed by atoms with E-state index in [0.717, 1.165) is 0 Å². The molecule has 3 nitrogen and oxygen atoms in total. The number of ether oxygens (including phenoxy) is 1. The molecule has 2 aromatic rings. The van der Waals surface area contributed by atoms with Crippen molar-refractivity contribution in [2.24, 2.45) is 0 Å². The highest BCUT2D eigenvalue weighted by Crippen LogP contribution is 2.28. The molecule has 2 aromatic carbocycles. The fraction of sp³-hybridized carbons (Fsp3) is 0.0714. The van der Waals surface area contributed by atoms with Crippen molar-refractivity contribution in [3.05, 3.63) is 59.4 Å². The van der Waals surface area contributed by atoms with Gasteiger partial charge >= 0.3 is 5.97 Å². The Morgan fingerprint density at radius 2 is 1.78 bits per heavy atom. The predicted molar refractivity (Wildman–Crippen MR) is 64.6 cm³/mol. The van der Waals surface area contributed by atoms with E-state index in [9.17, 15) is 9.18 Å². The van der Waals surface area contributed by atoms with Crippen LogP contribution >= 0.6 is 0 Å². The third-order valence-electron chi connectivity index (χ3n) is 2.49. The Balaban J connectivity index is 2.40. The lowest BCUT2D eigenvalue weighted by molar-refractivity contribution is 0.0694. The summed E-state index contributed by atoms with van der Waals surface area (Å²) in [5.41, 5.74) is 0.443. The quantitative estimate of drug-likeness (QED) is 0.899. The fourth-order valence-electron chi connectivity index (χ4n) is 1.55. The summed E-state index contributed by atoms with van der Waals surface area (Å²) in [6, 6.07) is 10.8. The number of carboxylic acid groups (broad SMARTS) is 1. The lowest BCUT2D eigenvalue weighted by Crippen LogP contribution is -2.00. The first-order valence-corrected chi connectivity index (χ1v) is 5.35. The van der Waals surface area contributed by atoms with E-state index in [4.69, 9.17) is 9.84 Å². The molecule has 0 aliphatic rings. The lowest BCUT2D eigenvalue weighted by atomic mass is 10.2. The Hall–Kier alpha value is -2.36. The minimum absolute atomic E-state index is 0.00148. The van der Waals surface area contributed by atoms with Crippen molar-refractivity contribution in [3.63, 3.8) is 0 Å². The molecule has 0 bridgehead atoms. The second-order valence-corrected chi connectivity index (χ2v) is 3.79. The van der Waals surface area contributed by atoms with Gasteiger partial charge in [-0.25, -0.2) is 9.18 Å². The molecule has 0 aromatic heterocycles. The summed E-state index contributed by atoms with van der Waals surface area (Å²) in [7, 11) is 0. The molecular formula is C14H11FO3. The zero-order valence-corrected chi connectivity index (χ0v) is 9.68. The minimum Gasteiger partial charge on any atom is -0.478 e. The van der Waals surface area contributed by atoms with Crippen molar-refractivity contribution >= 4 is 5.97 Å². The second kappa shape index (κ2) is 4.87. The van der Waals surface area contributed by atoms with Gasteiger partial charge < -0.3 is 9.84 Å². The molecule has 0 saturated carbocycles. The van der Waals surface area contributed by atoms with Gasteiger partial charge in [0.05, 0.1) is 0 Å². The number of carbonyl (C=O) groups is 1. The van der Waals surface area contributed by atoms with Gasteiger partial charge in [0.1, 0.15) is 11.3 Å². The number of hydrogen-bond donors (Lipinski definition) is 1. The molecule has 0 fully saturated rings. The van der Waals surface area contributed by atoms with Crippen molar-refractivity contribution in [3.8, 4) is 11.5 Å². The summed E-state index contributed by atoms with van der Waals surface area (Å²) in [4.78, 5) is 11.0. The van der Waals surface area contributed by atoms with E-state index in [1.165, 1.54) is 18.2 Å². The summed E-state index contributed by atoms with van der Waals surface area (Å²) >= 11 is 0. The maximum absolute atomic E-state index is 13.7. The van der Waals surface area contributed by atoms with Crippen LogP contribution in [0.2, 0.25) is 0 Å². The van der Waals surface area contributed by atoms with Crippen molar-refractivity contribution < 1.29 is 19.0 Å². The highest BCUT2D eigenvalue weighted by Gasteiger charge is 2.13. The highest BCUT2D eigenvalue weighted by atomic mass is 19.1. The summed E-state index contributed by atoms with van der Waals surface area (Å²) in [6.45, 7) is 1.62. The Bertz CT molecular complexity index is 593. The van der Waals surface area contributed by atoms with Gasteiger partial charge in [-0.15, -0.1) is 0 Å². The molecule has 0 unspecified atom stereocenters. The topological polar surface area (TPSA) is 46.5 Å². The van der Waals surface area contributed by atoms with Crippen molar-refractivity contribution in [1.82, 2.24) is 0 Å². The maximum atomic E-state index is 13.7. The van der Waals surface area contributed by atoms with Crippen LogP contribution in [-0.4, -0.2) is 11.1 Å². The van der Waals surface area contributed by atoms with Gasteiger partial charge in [0.25, 0.3) is 0 Å². The lowest BCUT2D eigenvalue weighted by Gasteiger charge is -2.10. The minimum atomic E-state index is -1.11. The standard InChI is InChI=1S/C14H11FO3/c1-9-5-4-8-12(13(9)15)18-11-7-3-2-6-10(11)14(16)17/h2-8H,1H3,(H,16,17). The summed E-state index contributed by atoms with van der Waals surface area (Å²) < 4.78 is 19.1. The van der Waals surface area contributed by atoms with Crippen LogP contribution in [0.5, 0.6) is 11.5 Å². The highest BCUT2D eigenvalue weighted by molar-refractivity contribution is 5.90. The number of benzene rings is 2. The summed E-state index contributed by atoms with van der Waals surface area (Å²) in [5.74, 6) is -1.46. The summed E-state index contributed by atoms with van der Waals surface area (Å²) in [6.07, 6.45) is 0. The normalized spacial score (nSPS) is 10.1. The number of halogens is 1. The van der Waals surface area contributed by atoms with Crippen LogP contribution < -0.4 is 4.74 Å². The van der Waals surface area contributed by atoms with E-state index < -0.39 is 11.8 Å². The molecule has 0 heterocycles. The van der Waals surface area contributed by atoms with Gasteiger partial charge in [0.15, 0.2) is 11.6 Å². The average molecular weight is 246 g/mol. The number of carboxylic acids is 1. The second-order valence-electron chi connectivity index (χ2n) is 3.79. The van der Waals surface area contributed by atoms with Crippen molar-refractivity contribution in [1.29, 1.82) is 0 Å². The third kappa shape index (κ3) is 2.32. The van der Waals surface area contributed by atoms with E-state index in [0.29, 0.717) is 5.56 Å². The number of aromatic carboxylic acids is 1. The molecule has 92 valence electrons. The first-order valence-electron chi connectivity index (χ1n) is 5.35. The van der Waals surface area contributed by atoms with Gasteiger partial charge in [-0.2, -0.15) is 0 Å². The van der Waals surface area contributed by atoms with Gasteiger partial charge in [-0.1, -0.05) is 24.3 Å². The van der Waals surface area contributed by atoms with E-state index in [1.54, 1.807) is 31.2 Å². The van der Waals surface area contributed by atoms with Crippen LogP contribution in [-0.2, 0) is 0 Å². The SMILES string of the molecule is Cc1cccc(Oc2ccccc2C(=O)O)c1F. The van der Waals surface area contributed by atoms with Crippen LogP contribution in [0, 0.1) is 12.7 Å². The number of hydrogen-bond acceptors (Lipinski definition) is 2. The van der Waals surface area contributed by atoms with Crippen LogP contribution in [0.1, 0.15) is 15.9 Å².